The van der Waals surface area contributed by atoms with Crippen molar-refractivity contribution in [1.29, 1.82) is 5.41 Å². The molecule has 6 heteroatoms. The first-order valence-corrected chi connectivity index (χ1v) is 11.0. The van der Waals surface area contributed by atoms with Crippen molar-refractivity contribution in [3.63, 3.8) is 0 Å². The van der Waals surface area contributed by atoms with Crippen molar-refractivity contribution in [3.05, 3.63) is 66.8 Å². The predicted molar refractivity (Wildman–Crippen MR) is 119 cm³/mol. The van der Waals surface area contributed by atoms with Crippen LogP contribution in [-0.2, 0) is 11.5 Å². The highest BCUT2D eigenvalue weighted by atomic mass is 127. The molecule has 0 aliphatic carbocycles. The van der Waals surface area contributed by atoms with Gasteiger partial charge >= 0.3 is 0 Å². The SMILES string of the molecule is CSCc1ccccc1I.N=C(N)SCc1ccccc1I. The fourth-order valence-electron chi connectivity index (χ4n) is 1.54. The van der Waals surface area contributed by atoms with E-state index in [1.807, 2.05) is 23.9 Å². The Kier molecular flexibility index (Phi) is 10.6. The molecule has 2 aromatic rings. The number of hydrogen-bond donors (Lipinski definition) is 2. The van der Waals surface area contributed by atoms with Gasteiger partial charge in [0, 0.05) is 18.6 Å². The van der Waals surface area contributed by atoms with Crippen LogP contribution in [0.3, 0.4) is 0 Å². The Morgan fingerprint density at radius 3 is 1.82 bits per heavy atom. The summed E-state index contributed by atoms with van der Waals surface area (Å²) in [6.07, 6.45) is 2.13. The molecule has 0 unspecified atom stereocenters. The fraction of sp³-hybridized carbons (Fsp3) is 0.188. The molecule has 0 spiro atoms. The molecule has 0 atom stereocenters. The minimum Gasteiger partial charge on any atom is -0.379 e. The molecule has 0 amide bonds. The quantitative estimate of drug-likeness (QED) is 0.294. The number of nitrogens with one attached hydrogen (secondary N) is 1. The molecule has 2 nitrogen and oxygen atoms in total. The topological polar surface area (TPSA) is 49.9 Å². The largest absolute Gasteiger partial charge is 0.379 e. The Morgan fingerprint density at radius 2 is 1.41 bits per heavy atom. The molecular weight excluding hydrogens is 538 g/mol. The van der Waals surface area contributed by atoms with Crippen LogP contribution in [0.25, 0.3) is 0 Å². The number of amidine groups is 1. The number of thioether (sulfide) groups is 2. The van der Waals surface area contributed by atoms with E-state index in [9.17, 15) is 0 Å². The molecule has 118 valence electrons. The predicted octanol–water partition coefficient (Wildman–Crippen LogP) is 5.57. The summed E-state index contributed by atoms with van der Waals surface area (Å²) in [6.45, 7) is 0. The summed E-state index contributed by atoms with van der Waals surface area (Å²) in [6, 6.07) is 16.6. The molecule has 0 aliphatic rings. The summed E-state index contributed by atoms with van der Waals surface area (Å²) in [4.78, 5) is 0. The van der Waals surface area contributed by atoms with E-state index in [-0.39, 0.29) is 5.17 Å². The van der Waals surface area contributed by atoms with E-state index in [2.05, 4.69) is 87.8 Å². The fourth-order valence-corrected chi connectivity index (χ4v) is 4.34. The second-order valence-corrected chi connectivity index (χ2v) is 8.48. The van der Waals surface area contributed by atoms with Crippen molar-refractivity contribution >= 4 is 73.9 Å². The van der Waals surface area contributed by atoms with E-state index in [0.717, 1.165) is 11.5 Å². The average Bonchev–Trinajstić information content (AvgIpc) is 2.50. The van der Waals surface area contributed by atoms with Crippen LogP contribution in [0, 0.1) is 12.5 Å². The van der Waals surface area contributed by atoms with Crippen LogP contribution in [0.2, 0.25) is 0 Å². The molecule has 0 heterocycles. The van der Waals surface area contributed by atoms with E-state index < -0.39 is 0 Å². The highest BCUT2D eigenvalue weighted by molar-refractivity contribution is 14.1. The smallest absolute Gasteiger partial charge is 0.151 e. The molecule has 0 saturated heterocycles. The molecule has 0 saturated carbocycles. The van der Waals surface area contributed by atoms with Gasteiger partial charge in [-0.25, -0.2) is 0 Å². The zero-order chi connectivity index (χ0) is 16.4. The van der Waals surface area contributed by atoms with Gasteiger partial charge in [0.25, 0.3) is 0 Å². The second kappa shape index (κ2) is 11.6. The lowest BCUT2D eigenvalue weighted by Gasteiger charge is -2.01. The first-order chi connectivity index (χ1) is 10.5. The van der Waals surface area contributed by atoms with Crippen molar-refractivity contribution in [2.75, 3.05) is 6.26 Å². The third-order valence-electron chi connectivity index (χ3n) is 2.60. The molecule has 3 N–H and O–H groups in total. The summed E-state index contributed by atoms with van der Waals surface area (Å²) >= 11 is 7.87. The Morgan fingerprint density at radius 1 is 0.955 bits per heavy atom. The van der Waals surface area contributed by atoms with Crippen LogP contribution in [0.5, 0.6) is 0 Å². The normalized spacial score (nSPS) is 9.77. The summed E-state index contributed by atoms with van der Waals surface area (Å²) in [5.74, 6) is 1.91. The molecule has 0 bridgehead atoms. The molecule has 0 aromatic heterocycles. The van der Waals surface area contributed by atoms with Gasteiger partial charge < -0.3 is 5.73 Å². The third-order valence-corrected chi connectivity index (χ3v) is 6.07. The molecule has 0 aliphatic heterocycles. The van der Waals surface area contributed by atoms with Crippen LogP contribution in [0.15, 0.2) is 48.5 Å². The van der Waals surface area contributed by atoms with Crippen molar-refractivity contribution in [2.45, 2.75) is 11.5 Å². The van der Waals surface area contributed by atoms with Crippen LogP contribution in [0.4, 0.5) is 0 Å². The second-order valence-electron chi connectivity index (χ2n) is 4.27. The van der Waals surface area contributed by atoms with Crippen molar-refractivity contribution in [3.8, 4) is 0 Å². The Balaban J connectivity index is 0.000000224. The molecule has 0 fully saturated rings. The summed E-state index contributed by atoms with van der Waals surface area (Å²) in [7, 11) is 0. The van der Waals surface area contributed by atoms with E-state index in [1.54, 1.807) is 0 Å². The van der Waals surface area contributed by atoms with Crippen LogP contribution >= 0.6 is 68.7 Å². The monoisotopic (exact) mass is 556 g/mol. The molecule has 0 radical (unpaired) electrons. The van der Waals surface area contributed by atoms with Crippen LogP contribution in [0.1, 0.15) is 11.1 Å². The highest BCUT2D eigenvalue weighted by Crippen LogP contribution is 2.17. The number of hydrogen-bond acceptors (Lipinski definition) is 3. The Hall–Kier alpha value is 0.0700. The summed E-state index contributed by atoms with van der Waals surface area (Å²) in [5.41, 5.74) is 7.91. The Bertz CT molecular complexity index is 606. The summed E-state index contributed by atoms with van der Waals surface area (Å²) < 4.78 is 2.60. The number of rotatable bonds is 4. The van der Waals surface area contributed by atoms with Gasteiger partial charge in [0.1, 0.15) is 0 Å². The lowest BCUT2D eigenvalue weighted by molar-refractivity contribution is 1.38. The van der Waals surface area contributed by atoms with E-state index >= 15 is 0 Å². The van der Waals surface area contributed by atoms with Crippen molar-refractivity contribution < 1.29 is 0 Å². The first kappa shape index (κ1) is 20.1. The minimum atomic E-state index is 0.176. The number of halogens is 2. The average molecular weight is 556 g/mol. The molecule has 22 heavy (non-hydrogen) atoms. The van der Waals surface area contributed by atoms with Crippen LogP contribution in [-0.4, -0.2) is 11.4 Å². The van der Waals surface area contributed by atoms with Crippen LogP contribution < -0.4 is 5.73 Å². The zero-order valence-electron chi connectivity index (χ0n) is 12.2. The van der Waals surface area contributed by atoms with E-state index in [4.69, 9.17) is 11.1 Å². The third kappa shape index (κ3) is 8.07. The molecule has 2 aromatic carbocycles. The van der Waals surface area contributed by atoms with Gasteiger partial charge in [-0.1, -0.05) is 48.2 Å². The van der Waals surface area contributed by atoms with Gasteiger partial charge in [0.15, 0.2) is 5.17 Å². The maximum Gasteiger partial charge on any atom is 0.151 e. The van der Waals surface area contributed by atoms with Crippen molar-refractivity contribution in [1.82, 2.24) is 0 Å². The van der Waals surface area contributed by atoms with Gasteiger partial charge in [-0.05, 0) is 74.7 Å². The van der Waals surface area contributed by atoms with Gasteiger partial charge in [-0.3, -0.25) is 5.41 Å². The highest BCUT2D eigenvalue weighted by Gasteiger charge is 1.98. The van der Waals surface area contributed by atoms with E-state index in [1.165, 1.54) is 30.0 Å². The maximum absolute atomic E-state index is 7.05. The minimum absolute atomic E-state index is 0.176. The van der Waals surface area contributed by atoms with E-state index in [0.29, 0.717) is 0 Å². The molecule has 2 rings (SSSR count). The Labute approximate surface area is 168 Å². The van der Waals surface area contributed by atoms with Crippen molar-refractivity contribution in [2.24, 2.45) is 5.73 Å². The zero-order valence-corrected chi connectivity index (χ0v) is 18.1. The number of benzene rings is 2. The first-order valence-electron chi connectivity index (χ1n) is 6.47. The molecular formula is C16H18I2N2S2. The van der Waals surface area contributed by atoms with Gasteiger partial charge in [-0.15, -0.1) is 0 Å². The standard InChI is InChI=1S/C8H9IN2S.C8H9IS/c9-7-4-2-1-3-6(7)5-12-8(10)11;1-10-6-7-4-2-3-5-8(7)9/h1-4H,5H2,(H3,10,11);2-5H,6H2,1H3. The number of nitrogens with two attached hydrogens (primary N) is 1. The lowest BCUT2D eigenvalue weighted by atomic mass is 10.2. The lowest BCUT2D eigenvalue weighted by Crippen LogP contribution is -2.04. The summed E-state index contributed by atoms with van der Waals surface area (Å²) in [5, 5.41) is 7.23. The van der Waals surface area contributed by atoms with Gasteiger partial charge in [-0.2, -0.15) is 11.8 Å². The maximum atomic E-state index is 7.05. The van der Waals surface area contributed by atoms with Gasteiger partial charge in [0.05, 0.1) is 0 Å². The van der Waals surface area contributed by atoms with Gasteiger partial charge in [0.2, 0.25) is 0 Å².